The van der Waals surface area contributed by atoms with Gasteiger partial charge in [0.05, 0.1) is 12.1 Å². The summed E-state index contributed by atoms with van der Waals surface area (Å²) in [5.74, 6) is 0.528. The van der Waals surface area contributed by atoms with Gasteiger partial charge in [0.25, 0.3) is 0 Å². The van der Waals surface area contributed by atoms with E-state index in [0.29, 0.717) is 11.5 Å². The quantitative estimate of drug-likeness (QED) is 0.464. The van der Waals surface area contributed by atoms with Crippen molar-refractivity contribution in [3.8, 4) is 5.75 Å². The molecular weight excluding hydrogens is 371 g/mol. The highest BCUT2D eigenvalue weighted by Gasteiger charge is 2.27. The molecule has 0 amide bonds. The first-order chi connectivity index (χ1) is 13.1. The maximum absolute atomic E-state index is 12.4. The molecule has 150 valence electrons. The van der Waals surface area contributed by atoms with Crippen molar-refractivity contribution >= 4 is 11.5 Å². The van der Waals surface area contributed by atoms with Crippen LogP contribution in [-0.4, -0.2) is 23.8 Å². The van der Waals surface area contributed by atoms with E-state index in [-0.39, 0.29) is 18.0 Å². The Morgan fingerprint density at radius 3 is 2.11 bits per heavy atom. The van der Waals surface area contributed by atoms with Crippen molar-refractivity contribution in [1.82, 2.24) is 0 Å². The van der Waals surface area contributed by atoms with E-state index in [0.717, 1.165) is 11.1 Å². The SMILES string of the molecule is CC(=O)C(C)Oc1ccc(C(C)=NOCc2ccc(CC(F)(F)F)cc2)cc1. The molecule has 0 bridgehead atoms. The number of hydrogen-bond donors (Lipinski definition) is 0. The van der Waals surface area contributed by atoms with Gasteiger partial charge in [-0.1, -0.05) is 29.4 Å². The lowest BCUT2D eigenvalue weighted by Gasteiger charge is -2.11. The lowest BCUT2D eigenvalue weighted by Crippen LogP contribution is -2.20. The molecule has 0 spiro atoms. The van der Waals surface area contributed by atoms with Crippen molar-refractivity contribution < 1.29 is 27.5 Å². The van der Waals surface area contributed by atoms with E-state index in [9.17, 15) is 18.0 Å². The van der Waals surface area contributed by atoms with E-state index >= 15 is 0 Å². The van der Waals surface area contributed by atoms with Gasteiger partial charge in [-0.3, -0.25) is 4.79 Å². The number of halogens is 3. The fraction of sp³-hybridized carbons (Fsp3) is 0.333. The average molecular weight is 393 g/mol. The molecule has 0 aliphatic carbocycles. The number of Topliss-reactive ketones (excluding diaryl/α,β-unsaturated/α-hetero) is 1. The Labute approximate surface area is 162 Å². The molecule has 0 aromatic heterocycles. The van der Waals surface area contributed by atoms with Crippen molar-refractivity contribution in [2.75, 3.05) is 0 Å². The van der Waals surface area contributed by atoms with Gasteiger partial charge in [-0.05, 0) is 61.7 Å². The number of ether oxygens (including phenoxy) is 1. The number of carbonyl (C=O) groups excluding carboxylic acids is 1. The zero-order chi connectivity index (χ0) is 20.7. The van der Waals surface area contributed by atoms with Crippen molar-refractivity contribution in [2.24, 2.45) is 5.16 Å². The van der Waals surface area contributed by atoms with Gasteiger partial charge in [0.1, 0.15) is 12.4 Å². The Hall–Kier alpha value is -2.83. The predicted octanol–water partition coefficient (Wildman–Crippen LogP) is 5.09. The topological polar surface area (TPSA) is 47.9 Å². The van der Waals surface area contributed by atoms with Crippen LogP contribution in [-0.2, 0) is 22.7 Å². The molecule has 7 heteroatoms. The fourth-order valence-corrected chi connectivity index (χ4v) is 2.30. The Bertz CT molecular complexity index is 812. The van der Waals surface area contributed by atoms with Crippen LogP contribution in [0.25, 0.3) is 0 Å². The molecule has 0 heterocycles. The van der Waals surface area contributed by atoms with Crippen LogP contribution < -0.4 is 4.74 Å². The van der Waals surface area contributed by atoms with Crippen LogP contribution in [0.5, 0.6) is 5.75 Å². The number of benzene rings is 2. The van der Waals surface area contributed by atoms with E-state index in [2.05, 4.69) is 5.16 Å². The standard InChI is InChI=1S/C21H22F3NO3/c1-14(19-8-10-20(11-9-19)28-16(3)15(2)26)25-27-13-18-6-4-17(5-7-18)12-21(22,23)24/h4-11,16H,12-13H2,1-3H3. The summed E-state index contributed by atoms with van der Waals surface area (Å²) in [5.41, 5.74) is 2.39. The Morgan fingerprint density at radius 1 is 1.00 bits per heavy atom. The van der Waals surface area contributed by atoms with Crippen LogP contribution in [0.1, 0.15) is 37.5 Å². The van der Waals surface area contributed by atoms with Gasteiger partial charge in [-0.25, -0.2) is 0 Å². The third-order valence-electron chi connectivity index (χ3n) is 4.02. The van der Waals surface area contributed by atoms with E-state index < -0.39 is 18.7 Å². The minimum Gasteiger partial charge on any atom is -0.483 e. The molecule has 0 saturated carbocycles. The van der Waals surface area contributed by atoms with Gasteiger partial charge < -0.3 is 9.57 Å². The third kappa shape index (κ3) is 7.06. The summed E-state index contributed by atoms with van der Waals surface area (Å²) in [4.78, 5) is 16.5. The van der Waals surface area contributed by atoms with Gasteiger partial charge in [0.2, 0.25) is 0 Å². The molecule has 4 nitrogen and oxygen atoms in total. The normalized spacial score (nSPS) is 13.1. The van der Waals surface area contributed by atoms with Gasteiger partial charge in [-0.15, -0.1) is 0 Å². The summed E-state index contributed by atoms with van der Waals surface area (Å²) < 4.78 is 42.6. The fourth-order valence-electron chi connectivity index (χ4n) is 2.30. The van der Waals surface area contributed by atoms with Gasteiger partial charge in [-0.2, -0.15) is 13.2 Å². The monoisotopic (exact) mass is 393 g/mol. The van der Waals surface area contributed by atoms with Crippen molar-refractivity contribution in [3.05, 3.63) is 65.2 Å². The highest BCUT2D eigenvalue weighted by molar-refractivity contribution is 5.98. The van der Waals surface area contributed by atoms with E-state index in [1.54, 1.807) is 50.2 Å². The molecule has 0 N–H and O–H groups in total. The van der Waals surface area contributed by atoms with Crippen LogP contribution in [0.3, 0.4) is 0 Å². The largest absolute Gasteiger partial charge is 0.483 e. The number of hydrogen-bond acceptors (Lipinski definition) is 4. The van der Waals surface area contributed by atoms with Gasteiger partial charge in [0.15, 0.2) is 11.9 Å². The Kier molecular flexibility index (Phi) is 7.20. The smallest absolute Gasteiger partial charge is 0.393 e. The minimum atomic E-state index is -4.22. The molecule has 28 heavy (non-hydrogen) atoms. The molecule has 2 aromatic rings. The van der Waals surface area contributed by atoms with E-state index in [4.69, 9.17) is 9.57 Å². The lowest BCUT2D eigenvalue weighted by atomic mass is 10.1. The molecular formula is C21H22F3NO3. The summed E-state index contributed by atoms with van der Waals surface area (Å²) in [6, 6.07) is 13.1. The van der Waals surface area contributed by atoms with Crippen molar-refractivity contribution in [1.29, 1.82) is 0 Å². The average Bonchev–Trinajstić information content (AvgIpc) is 2.62. The second-order valence-electron chi connectivity index (χ2n) is 6.45. The number of rotatable bonds is 8. The van der Waals surface area contributed by atoms with Gasteiger partial charge in [0, 0.05) is 0 Å². The Morgan fingerprint density at radius 2 is 1.57 bits per heavy atom. The zero-order valence-electron chi connectivity index (χ0n) is 15.9. The van der Waals surface area contributed by atoms with E-state index in [1.165, 1.54) is 19.1 Å². The van der Waals surface area contributed by atoms with Crippen LogP contribution >= 0.6 is 0 Å². The number of alkyl halides is 3. The first kappa shape index (κ1) is 21.5. The van der Waals surface area contributed by atoms with Crippen molar-refractivity contribution in [3.63, 3.8) is 0 Å². The second-order valence-corrected chi connectivity index (χ2v) is 6.45. The Balaban J connectivity index is 1.89. The molecule has 1 atom stereocenters. The molecule has 0 radical (unpaired) electrons. The summed E-state index contributed by atoms with van der Waals surface area (Å²) in [7, 11) is 0. The molecule has 0 aliphatic rings. The summed E-state index contributed by atoms with van der Waals surface area (Å²) in [6.45, 7) is 5.09. The van der Waals surface area contributed by atoms with Crippen LogP contribution in [0, 0.1) is 0 Å². The zero-order valence-corrected chi connectivity index (χ0v) is 15.9. The third-order valence-corrected chi connectivity index (χ3v) is 4.02. The first-order valence-corrected chi connectivity index (χ1v) is 8.73. The molecule has 0 saturated heterocycles. The van der Waals surface area contributed by atoms with Gasteiger partial charge >= 0.3 is 6.18 Å². The first-order valence-electron chi connectivity index (χ1n) is 8.73. The molecule has 2 rings (SSSR count). The molecule has 2 aromatic carbocycles. The minimum absolute atomic E-state index is 0.0540. The lowest BCUT2D eigenvalue weighted by molar-refractivity contribution is -0.127. The highest BCUT2D eigenvalue weighted by Crippen LogP contribution is 2.21. The number of oxime groups is 1. The summed E-state index contributed by atoms with van der Waals surface area (Å²) >= 11 is 0. The van der Waals surface area contributed by atoms with Crippen LogP contribution in [0.2, 0.25) is 0 Å². The molecule has 0 fully saturated rings. The highest BCUT2D eigenvalue weighted by atomic mass is 19.4. The predicted molar refractivity (Wildman–Crippen MR) is 100 cm³/mol. The van der Waals surface area contributed by atoms with Crippen molar-refractivity contribution in [2.45, 2.75) is 46.1 Å². The second kappa shape index (κ2) is 9.39. The van der Waals surface area contributed by atoms with E-state index in [1.807, 2.05) is 0 Å². The number of carbonyl (C=O) groups is 1. The maximum atomic E-state index is 12.4. The number of ketones is 1. The number of nitrogens with zero attached hydrogens (tertiary/aromatic N) is 1. The summed E-state index contributed by atoms with van der Waals surface area (Å²) in [5, 5.41) is 4.03. The van der Waals surface area contributed by atoms with Crippen LogP contribution in [0.4, 0.5) is 13.2 Å². The molecule has 0 aliphatic heterocycles. The molecule has 1 unspecified atom stereocenters. The van der Waals surface area contributed by atoms with Crippen LogP contribution in [0.15, 0.2) is 53.7 Å². The summed E-state index contributed by atoms with van der Waals surface area (Å²) in [6.07, 6.45) is -5.67. The maximum Gasteiger partial charge on any atom is 0.393 e.